The maximum absolute atomic E-state index is 13.3. The number of furan rings is 1. The number of hydrogen-bond acceptors (Lipinski definition) is 5. The molecule has 1 heterocycles. The van der Waals surface area contributed by atoms with Gasteiger partial charge in [0.15, 0.2) is 0 Å². The molecule has 1 amide bonds. The Bertz CT molecular complexity index is 1030. The number of ether oxygens (including phenoxy) is 2. The maximum atomic E-state index is 13.3. The molecule has 6 nitrogen and oxygen atoms in total. The molecule has 27 heavy (non-hydrogen) atoms. The van der Waals surface area contributed by atoms with E-state index in [4.69, 9.17) is 14.9 Å². The zero-order chi connectivity index (χ0) is 19.7. The fourth-order valence-corrected chi connectivity index (χ4v) is 3.01. The van der Waals surface area contributed by atoms with Gasteiger partial charge in [-0.25, -0.2) is 14.0 Å². The lowest BCUT2D eigenvalue weighted by Gasteiger charge is -2.11. The minimum atomic E-state index is -1.24. The molecule has 0 atom stereocenters. The van der Waals surface area contributed by atoms with Crippen molar-refractivity contribution in [3.05, 3.63) is 52.3 Å². The summed E-state index contributed by atoms with van der Waals surface area (Å²) in [6.07, 6.45) is -1.35. The molecule has 2 aromatic carbocycles. The Hall–Kier alpha value is -2.87. The van der Waals surface area contributed by atoms with E-state index in [0.717, 1.165) is 0 Å². The number of hydrogen-bond donors (Lipinski definition) is 1. The molecular weight excluding hydrogens is 421 g/mol. The predicted molar refractivity (Wildman–Crippen MR) is 100 cm³/mol. The van der Waals surface area contributed by atoms with Gasteiger partial charge in [0.25, 0.3) is 0 Å². The summed E-state index contributed by atoms with van der Waals surface area (Å²) in [6, 6.07) is 8.61. The molecule has 0 spiro atoms. The standard InChI is InChI=1S/C19H15BrFNO5/c1-9(2)25-15-7-12-14(8-13(15)20)26-17(10-3-5-11(21)6-4-10)16(12)18(23)27-19(22)24/h3-9H,1-2H3,(H2,22,24). The van der Waals surface area contributed by atoms with Gasteiger partial charge in [0, 0.05) is 10.9 Å². The van der Waals surface area contributed by atoms with Gasteiger partial charge in [0.05, 0.1) is 10.6 Å². The summed E-state index contributed by atoms with van der Waals surface area (Å²) in [5.74, 6) is -0.799. The Morgan fingerprint density at radius 1 is 1.19 bits per heavy atom. The summed E-state index contributed by atoms with van der Waals surface area (Å²) in [5, 5.41) is 0.374. The first-order chi connectivity index (χ1) is 12.8. The molecule has 8 heteroatoms. The van der Waals surface area contributed by atoms with Crippen molar-refractivity contribution in [2.24, 2.45) is 5.73 Å². The lowest BCUT2D eigenvalue weighted by molar-refractivity contribution is 0.0640. The number of primary amides is 1. The molecule has 3 aromatic rings. The van der Waals surface area contributed by atoms with E-state index in [1.54, 1.807) is 12.1 Å². The summed E-state index contributed by atoms with van der Waals surface area (Å²) in [6.45, 7) is 3.72. The Morgan fingerprint density at radius 3 is 2.44 bits per heavy atom. The topological polar surface area (TPSA) is 91.8 Å². The number of amides is 1. The number of nitrogens with two attached hydrogens (primary N) is 1. The van der Waals surface area contributed by atoms with Crippen molar-refractivity contribution in [2.45, 2.75) is 20.0 Å². The summed E-state index contributed by atoms with van der Waals surface area (Å²) < 4.78 is 30.0. The summed E-state index contributed by atoms with van der Waals surface area (Å²) in [5.41, 5.74) is 5.77. The van der Waals surface area contributed by atoms with Crippen LogP contribution in [0.1, 0.15) is 24.2 Å². The van der Waals surface area contributed by atoms with Crippen LogP contribution in [0, 0.1) is 5.82 Å². The Morgan fingerprint density at radius 2 is 1.85 bits per heavy atom. The molecule has 3 rings (SSSR count). The van der Waals surface area contributed by atoms with E-state index >= 15 is 0 Å². The monoisotopic (exact) mass is 435 g/mol. The van der Waals surface area contributed by atoms with E-state index in [2.05, 4.69) is 20.7 Å². The number of benzene rings is 2. The van der Waals surface area contributed by atoms with Crippen LogP contribution in [0.3, 0.4) is 0 Å². The summed E-state index contributed by atoms with van der Waals surface area (Å²) in [4.78, 5) is 23.6. The van der Waals surface area contributed by atoms with Gasteiger partial charge in [-0.2, -0.15) is 0 Å². The van der Waals surface area contributed by atoms with Crippen molar-refractivity contribution < 1.29 is 27.9 Å². The second kappa shape index (κ2) is 7.40. The first-order valence-electron chi connectivity index (χ1n) is 7.96. The molecule has 0 unspecified atom stereocenters. The third-order valence-electron chi connectivity index (χ3n) is 3.61. The highest BCUT2D eigenvalue weighted by atomic mass is 79.9. The molecule has 1 aromatic heterocycles. The zero-order valence-corrected chi connectivity index (χ0v) is 16.0. The van der Waals surface area contributed by atoms with Gasteiger partial charge in [0.2, 0.25) is 0 Å². The van der Waals surface area contributed by atoms with E-state index in [1.165, 1.54) is 24.3 Å². The van der Waals surface area contributed by atoms with E-state index in [9.17, 15) is 14.0 Å². The van der Waals surface area contributed by atoms with Gasteiger partial charge in [-0.1, -0.05) is 0 Å². The van der Waals surface area contributed by atoms with E-state index in [1.807, 2.05) is 13.8 Å². The quantitative estimate of drug-likeness (QED) is 0.458. The third-order valence-corrected chi connectivity index (χ3v) is 4.23. The Balaban J connectivity index is 2.25. The van der Waals surface area contributed by atoms with Crippen LogP contribution in [0.5, 0.6) is 5.75 Å². The second-order valence-corrected chi connectivity index (χ2v) is 6.82. The van der Waals surface area contributed by atoms with Crippen molar-refractivity contribution >= 4 is 39.0 Å². The molecule has 0 aliphatic carbocycles. The second-order valence-electron chi connectivity index (χ2n) is 5.97. The number of halogens is 2. The molecule has 0 fully saturated rings. The molecule has 0 radical (unpaired) electrons. The van der Waals surface area contributed by atoms with Crippen molar-refractivity contribution in [3.63, 3.8) is 0 Å². The molecule has 2 N–H and O–H groups in total. The summed E-state index contributed by atoms with van der Waals surface area (Å²) >= 11 is 3.40. The van der Waals surface area contributed by atoms with Crippen LogP contribution >= 0.6 is 15.9 Å². The van der Waals surface area contributed by atoms with E-state index < -0.39 is 17.9 Å². The van der Waals surface area contributed by atoms with Crippen LogP contribution in [0.15, 0.2) is 45.3 Å². The predicted octanol–water partition coefficient (Wildman–Crippen LogP) is 5.02. The van der Waals surface area contributed by atoms with Crippen molar-refractivity contribution in [1.82, 2.24) is 0 Å². The number of rotatable bonds is 4. The van der Waals surface area contributed by atoms with Crippen LogP contribution in [0.4, 0.5) is 9.18 Å². The highest BCUT2D eigenvalue weighted by Gasteiger charge is 2.26. The molecule has 0 saturated heterocycles. The number of esters is 1. The lowest BCUT2D eigenvalue weighted by Crippen LogP contribution is -2.18. The fourth-order valence-electron chi connectivity index (χ4n) is 2.59. The van der Waals surface area contributed by atoms with Crippen molar-refractivity contribution in [1.29, 1.82) is 0 Å². The number of carbonyl (C=O) groups is 2. The van der Waals surface area contributed by atoms with Gasteiger partial charge in [-0.15, -0.1) is 0 Å². The minimum absolute atomic E-state index is 0.00323. The Labute approximate surface area is 162 Å². The van der Waals surface area contributed by atoms with Crippen molar-refractivity contribution in [3.8, 4) is 17.1 Å². The van der Waals surface area contributed by atoms with Crippen LogP contribution in [0.25, 0.3) is 22.3 Å². The highest BCUT2D eigenvalue weighted by Crippen LogP contribution is 2.39. The van der Waals surface area contributed by atoms with Gasteiger partial charge in [0.1, 0.15) is 28.5 Å². The average Bonchev–Trinajstić information content (AvgIpc) is 2.93. The number of carbonyl (C=O) groups excluding carboxylic acids is 2. The normalized spacial score (nSPS) is 11.0. The molecule has 0 bridgehead atoms. The first kappa shape index (κ1) is 18.9. The first-order valence-corrected chi connectivity index (χ1v) is 8.75. The smallest absolute Gasteiger partial charge is 0.412 e. The van der Waals surface area contributed by atoms with Gasteiger partial charge in [-0.3, -0.25) is 0 Å². The van der Waals surface area contributed by atoms with Crippen LogP contribution < -0.4 is 10.5 Å². The van der Waals surface area contributed by atoms with Crippen LogP contribution in [-0.2, 0) is 4.74 Å². The van der Waals surface area contributed by atoms with Gasteiger partial charge in [-0.05, 0) is 66.2 Å². The minimum Gasteiger partial charge on any atom is -0.490 e. The maximum Gasteiger partial charge on any atom is 0.412 e. The largest absolute Gasteiger partial charge is 0.490 e. The van der Waals surface area contributed by atoms with E-state index in [0.29, 0.717) is 26.8 Å². The molecule has 0 saturated carbocycles. The number of fused-ring (bicyclic) bond motifs is 1. The molecule has 0 aliphatic heterocycles. The molecule has 140 valence electrons. The van der Waals surface area contributed by atoms with Gasteiger partial charge < -0.3 is 19.6 Å². The Kier molecular flexibility index (Phi) is 5.18. The van der Waals surface area contributed by atoms with Crippen LogP contribution in [0.2, 0.25) is 0 Å². The fraction of sp³-hybridized carbons (Fsp3) is 0.158. The molecule has 0 aliphatic rings. The van der Waals surface area contributed by atoms with Gasteiger partial charge >= 0.3 is 12.1 Å². The van der Waals surface area contributed by atoms with Crippen LogP contribution in [-0.4, -0.2) is 18.2 Å². The highest BCUT2D eigenvalue weighted by molar-refractivity contribution is 9.10. The lowest BCUT2D eigenvalue weighted by atomic mass is 10.1. The molecular formula is C19H15BrFNO5. The van der Waals surface area contributed by atoms with Crippen molar-refractivity contribution in [2.75, 3.05) is 0 Å². The van der Waals surface area contributed by atoms with E-state index in [-0.39, 0.29) is 17.4 Å². The third kappa shape index (κ3) is 3.95. The summed E-state index contributed by atoms with van der Waals surface area (Å²) in [7, 11) is 0. The average molecular weight is 436 g/mol. The SMILES string of the molecule is CC(C)Oc1cc2c(C(=O)OC(N)=O)c(-c3ccc(F)cc3)oc2cc1Br. The zero-order valence-electron chi connectivity index (χ0n) is 14.4.